The monoisotopic (exact) mass is 348 g/mol. The first-order chi connectivity index (χ1) is 12.7. The van der Waals surface area contributed by atoms with E-state index in [0.29, 0.717) is 11.7 Å². The summed E-state index contributed by atoms with van der Waals surface area (Å²) >= 11 is 0. The van der Waals surface area contributed by atoms with Crippen LogP contribution in [0.1, 0.15) is 47.9 Å². The van der Waals surface area contributed by atoms with Crippen molar-refractivity contribution >= 4 is 16.7 Å². The summed E-state index contributed by atoms with van der Waals surface area (Å²) in [5.74, 6) is -0.132. The molecule has 5 nitrogen and oxygen atoms in total. The summed E-state index contributed by atoms with van der Waals surface area (Å²) in [5, 5.41) is 13.3. The molecule has 134 valence electrons. The van der Waals surface area contributed by atoms with Gasteiger partial charge in [0.05, 0.1) is 12.1 Å². The van der Waals surface area contributed by atoms with Crippen LogP contribution in [0.4, 0.5) is 0 Å². The molecule has 2 heterocycles. The van der Waals surface area contributed by atoms with Gasteiger partial charge in [0.1, 0.15) is 5.69 Å². The lowest BCUT2D eigenvalue weighted by Crippen LogP contribution is -2.32. The minimum Gasteiger partial charge on any atom is -0.344 e. The van der Waals surface area contributed by atoms with Crippen LogP contribution in [0, 0.1) is 0 Å². The molecule has 26 heavy (non-hydrogen) atoms. The molecule has 3 aromatic rings. The van der Waals surface area contributed by atoms with E-state index in [1.54, 1.807) is 6.07 Å². The van der Waals surface area contributed by atoms with Gasteiger partial charge in [-0.25, -0.2) is 0 Å². The Balaban J connectivity index is 1.50. The molecule has 1 amide bonds. The third-order valence-corrected chi connectivity index (χ3v) is 5.12. The maximum Gasteiger partial charge on any atom is 0.272 e. The molecule has 0 saturated carbocycles. The Hall–Kier alpha value is -2.66. The summed E-state index contributed by atoms with van der Waals surface area (Å²) in [4.78, 5) is 12.7. The van der Waals surface area contributed by atoms with Crippen molar-refractivity contribution in [3.63, 3.8) is 0 Å². The number of carbonyl (C=O) groups is 1. The van der Waals surface area contributed by atoms with E-state index < -0.39 is 0 Å². The van der Waals surface area contributed by atoms with Crippen LogP contribution in [0.15, 0.2) is 54.7 Å². The van der Waals surface area contributed by atoms with Crippen LogP contribution in [0.3, 0.4) is 0 Å². The summed E-state index contributed by atoms with van der Waals surface area (Å²) in [5.41, 5.74) is 1.59. The van der Waals surface area contributed by atoms with E-state index in [9.17, 15) is 4.79 Å². The van der Waals surface area contributed by atoms with Gasteiger partial charge in [0.2, 0.25) is 0 Å². The number of fused-ring (bicyclic) bond motifs is 1. The highest BCUT2D eigenvalue weighted by molar-refractivity contribution is 5.93. The van der Waals surface area contributed by atoms with Crippen molar-refractivity contribution in [1.29, 1.82) is 0 Å². The number of aromatic nitrogens is 2. The Morgan fingerprint density at radius 3 is 2.92 bits per heavy atom. The van der Waals surface area contributed by atoms with Crippen LogP contribution in [0.5, 0.6) is 0 Å². The Bertz CT molecular complexity index is 906. The van der Waals surface area contributed by atoms with Crippen LogP contribution in [0.2, 0.25) is 0 Å². The molecular weight excluding hydrogens is 324 g/mol. The van der Waals surface area contributed by atoms with Crippen molar-refractivity contribution in [1.82, 2.24) is 20.4 Å². The molecule has 0 bridgehead atoms. The van der Waals surface area contributed by atoms with Gasteiger partial charge in [-0.05, 0) is 48.7 Å². The Labute approximate surface area is 153 Å². The summed E-state index contributed by atoms with van der Waals surface area (Å²) in [6, 6.07) is 16.5. The lowest BCUT2D eigenvalue weighted by molar-refractivity contribution is 0.0933. The molecule has 2 N–H and O–H groups in total. The zero-order valence-electron chi connectivity index (χ0n) is 15.0. The highest BCUT2D eigenvalue weighted by Gasteiger charge is 2.19. The molecule has 2 atom stereocenters. The lowest BCUT2D eigenvalue weighted by atomic mass is 9.99. The van der Waals surface area contributed by atoms with Gasteiger partial charge in [0, 0.05) is 12.7 Å². The predicted octanol–water partition coefficient (Wildman–Crippen LogP) is 3.45. The van der Waals surface area contributed by atoms with Crippen LogP contribution in [-0.2, 0) is 0 Å². The van der Waals surface area contributed by atoms with Gasteiger partial charge in [-0.2, -0.15) is 5.10 Å². The van der Waals surface area contributed by atoms with E-state index in [1.807, 2.05) is 36.0 Å². The number of amides is 1. The average Bonchev–Trinajstić information content (AvgIpc) is 3.18. The van der Waals surface area contributed by atoms with Crippen molar-refractivity contribution in [3.05, 3.63) is 66.0 Å². The fraction of sp³-hybridized carbons (Fsp3) is 0.333. The van der Waals surface area contributed by atoms with E-state index in [-0.39, 0.29) is 11.9 Å². The van der Waals surface area contributed by atoms with Gasteiger partial charge in [-0.15, -0.1) is 0 Å². The van der Waals surface area contributed by atoms with Crippen molar-refractivity contribution in [2.45, 2.75) is 31.8 Å². The van der Waals surface area contributed by atoms with Crippen molar-refractivity contribution < 1.29 is 4.79 Å². The molecule has 0 spiro atoms. The molecule has 4 rings (SSSR count). The lowest BCUT2D eigenvalue weighted by Gasteiger charge is -2.23. The minimum absolute atomic E-state index is 0.0879. The Kier molecular flexibility index (Phi) is 4.71. The van der Waals surface area contributed by atoms with E-state index >= 15 is 0 Å². The van der Waals surface area contributed by atoms with Gasteiger partial charge in [0.15, 0.2) is 0 Å². The maximum atomic E-state index is 12.7. The second-order valence-corrected chi connectivity index (χ2v) is 6.94. The number of nitrogens with zero attached hydrogens (tertiary/aromatic N) is 2. The largest absolute Gasteiger partial charge is 0.344 e. The number of hydrogen-bond donors (Lipinski definition) is 2. The number of rotatable bonds is 4. The van der Waals surface area contributed by atoms with Gasteiger partial charge in [0.25, 0.3) is 5.91 Å². The zero-order valence-corrected chi connectivity index (χ0v) is 15.0. The molecule has 1 fully saturated rings. The number of carbonyl (C=O) groups excluding carboxylic acids is 1. The summed E-state index contributed by atoms with van der Waals surface area (Å²) in [7, 11) is 0. The number of hydrogen-bond acceptors (Lipinski definition) is 3. The molecule has 0 radical (unpaired) electrons. The van der Waals surface area contributed by atoms with Crippen LogP contribution >= 0.6 is 0 Å². The highest BCUT2D eigenvalue weighted by Crippen LogP contribution is 2.24. The summed E-state index contributed by atoms with van der Waals surface area (Å²) < 4.78 is 1.92. The van der Waals surface area contributed by atoms with Crippen LogP contribution in [-0.4, -0.2) is 28.8 Å². The zero-order chi connectivity index (χ0) is 17.9. The highest BCUT2D eigenvalue weighted by atomic mass is 16.2. The molecule has 1 aliphatic rings. The third-order valence-electron chi connectivity index (χ3n) is 5.12. The molecule has 0 aliphatic carbocycles. The fourth-order valence-corrected chi connectivity index (χ4v) is 3.70. The number of benzene rings is 2. The second-order valence-electron chi connectivity index (χ2n) is 6.94. The molecular formula is C21H24N4O. The Morgan fingerprint density at radius 1 is 1.23 bits per heavy atom. The maximum absolute atomic E-state index is 12.7. The van der Waals surface area contributed by atoms with Crippen molar-refractivity contribution in [3.8, 4) is 0 Å². The van der Waals surface area contributed by atoms with Crippen molar-refractivity contribution in [2.75, 3.05) is 13.1 Å². The van der Waals surface area contributed by atoms with E-state index in [4.69, 9.17) is 0 Å². The first-order valence-electron chi connectivity index (χ1n) is 9.27. The normalized spacial score (nSPS) is 18.6. The standard InChI is InChI=1S/C21H24N4O/c1-15(18-10-4-7-16-6-2-3-9-19(16)18)23-21(26)20-11-13-25(24-20)17-8-5-12-22-14-17/h2-4,6-7,9-11,13,15,17,22H,5,8,12,14H2,1H3,(H,23,26). The molecule has 2 unspecified atom stereocenters. The Morgan fingerprint density at radius 2 is 2.08 bits per heavy atom. The second kappa shape index (κ2) is 7.30. The molecule has 1 aliphatic heterocycles. The van der Waals surface area contributed by atoms with Crippen molar-refractivity contribution in [2.24, 2.45) is 0 Å². The molecule has 2 aromatic carbocycles. The van der Waals surface area contributed by atoms with Gasteiger partial charge < -0.3 is 10.6 Å². The van der Waals surface area contributed by atoms with E-state index in [0.717, 1.165) is 31.5 Å². The summed E-state index contributed by atoms with van der Waals surface area (Å²) in [6.45, 7) is 3.99. The van der Waals surface area contributed by atoms with Gasteiger partial charge in [-0.3, -0.25) is 9.48 Å². The number of nitrogens with one attached hydrogen (secondary N) is 2. The first-order valence-corrected chi connectivity index (χ1v) is 9.27. The topological polar surface area (TPSA) is 59.0 Å². The average molecular weight is 348 g/mol. The minimum atomic E-state index is -0.132. The molecule has 5 heteroatoms. The predicted molar refractivity (Wildman–Crippen MR) is 103 cm³/mol. The molecule has 1 saturated heterocycles. The molecule has 1 aromatic heterocycles. The van der Waals surface area contributed by atoms with Gasteiger partial charge >= 0.3 is 0 Å². The van der Waals surface area contributed by atoms with Crippen LogP contribution < -0.4 is 10.6 Å². The van der Waals surface area contributed by atoms with Crippen LogP contribution in [0.25, 0.3) is 10.8 Å². The summed E-state index contributed by atoms with van der Waals surface area (Å²) in [6.07, 6.45) is 4.15. The first kappa shape index (κ1) is 16.8. The van der Waals surface area contributed by atoms with E-state index in [2.05, 4.69) is 40.0 Å². The number of piperidine rings is 1. The SMILES string of the molecule is CC(NC(=O)c1ccn(C2CCCNC2)n1)c1cccc2ccccc12. The van der Waals surface area contributed by atoms with E-state index in [1.165, 1.54) is 10.8 Å². The third kappa shape index (κ3) is 3.35. The fourth-order valence-electron chi connectivity index (χ4n) is 3.70. The quantitative estimate of drug-likeness (QED) is 0.759. The van der Waals surface area contributed by atoms with Gasteiger partial charge in [-0.1, -0.05) is 42.5 Å². The smallest absolute Gasteiger partial charge is 0.272 e.